The van der Waals surface area contributed by atoms with E-state index < -0.39 is 0 Å². The minimum atomic E-state index is 0.0158. The Balaban J connectivity index is 2.62. The van der Waals surface area contributed by atoms with Crippen LogP contribution in [0, 0.1) is 11.8 Å². The van der Waals surface area contributed by atoms with E-state index in [1.165, 1.54) is 6.07 Å². The summed E-state index contributed by atoms with van der Waals surface area (Å²) in [5, 5.41) is 0.677. The maximum Gasteiger partial charge on any atom is 0.189 e. The highest BCUT2D eigenvalue weighted by Crippen LogP contribution is 2.08. The van der Waals surface area contributed by atoms with Crippen molar-refractivity contribution in [2.45, 2.75) is 0 Å². The van der Waals surface area contributed by atoms with Gasteiger partial charge in [0.25, 0.3) is 0 Å². The number of rotatable bonds is 0. The standard InChI is InChI=1S/C12H10N2O/c13-6-1-2-9-3-4-10-11(8-9)14-7-5-12(10)15/h3-5,7-8H,6,13H2,(H,14,15). The summed E-state index contributed by atoms with van der Waals surface area (Å²) in [5.74, 6) is 5.69. The second kappa shape index (κ2) is 3.99. The van der Waals surface area contributed by atoms with E-state index >= 15 is 0 Å². The molecule has 15 heavy (non-hydrogen) atoms. The summed E-state index contributed by atoms with van der Waals surface area (Å²) in [6.07, 6.45) is 1.63. The van der Waals surface area contributed by atoms with Crippen molar-refractivity contribution in [3.05, 3.63) is 46.2 Å². The zero-order chi connectivity index (χ0) is 10.7. The molecule has 0 saturated heterocycles. The molecule has 2 rings (SSSR count). The number of fused-ring (bicyclic) bond motifs is 1. The lowest BCUT2D eigenvalue weighted by atomic mass is 10.1. The van der Waals surface area contributed by atoms with Crippen molar-refractivity contribution in [1.29, 1.82) is 0 Å². The number of nitrogens with one attached hydrogen (secondary N) is 1. The summed E-state index contributed by atoms with van der Waals surface area (Å²) in [4.78, 5) is 14.4. The van der Waals surface area contributed by atoms with E-state index in [0.29, 0.717) is 11.9 Å². The molecule has 0 unspecified atom stereocenters. The molecule has 0 fully saturated rings. The van der Waals surface area contributed by atoms with E-state index in [4.69, 9.17) is 5.73 Å². The molecule has 0 amide bonds. The van der Waals surface area contributed by atoms with Gasteiger partial charge < -0.3 is 10.7 Å². The molecule has 1 aromatic carbocycles. The van der Waals surface area contributed by atoms with E-state index in [1.54, 1.807) is 12.3 Å². The second-order valence-electron chi connectivity index (χ2n) is 3.11. The Kier molecular flexibility index (Phi) is 2.53. The van der Waals surface area contributed by atoms with Gasteiger partial charge in [-0.05, 0) is 18.2 Å². The summed E-state index contributed by atoms with van der Waals surface area (Å²) >= 11 is 0. The molecule has 0 bridgehead atoms. The monoisotopic (exact) mass is 198 g/mol. The third kappa shape index (κ3) is 1.90. The molecule has 0 spiro atoms. The number of benzene rings is 1. The average molecular weight is 198 g/mol. The highest BCUT2D eigenvalue weighted by atomic mass is 16.1. The average Bonchev–Trinajstić information content (AvgIpc) is 2.26. The molecule has 0 aliphatic carbocycles. The Morgan fingerprint density at radius 2 is 2.20 bits per heavy atom. The van der Waals surface area contributed by atoms with Gasteiger partial charge in [0.05, 0.1) is 12.1 Å². The first kappa shape index (κ1) is 9.50. The van der Waals surface area contributed by atoms with Crippen molar-refractivity contribution < 1.29 is 0 Å². The zero-order valence-corrected chi connectivity index (χ0v) is 8.08. The van der Waals surface area contributed by atoms with Crippen LogP contribution < -0.4 is 11.2 Å². The fourth-order valence-electron chi connectivity index (χ4n) is 1.41. The molecule has 0 aliphatic heterocycles. The fraction of sp³-hybridized carbons (Fsp3) is 0.0833. The molecule has 3 nitrogen and oxygen atoms in total. The summed E-state index contributed by atoms with van der Waals surface area (Å²) in [5.41, 5.74) is 6.95. The minimum Gasteiger partial charge on any atom is -0.361 e. The smallest absolute Gasteiger partial charge is 0.189 e. The molecule has 3 N–H and O–H groups in total. The summed E-state index contributed by atoms with van der Waals surface area (Å²) < 4.78 is 0. The lowest BCUT2D eigenvalue weighted by Crippen LogP contribution is -1.99. The topological polar surface area (TPSA) is 58.9 Å². The lowest BCUT2D eigenvalue weighted by molar-refractivity contribution is 1.30. The molecule has 0 saturated carbocycles. The third-order valence-electron chi connectivity index (χ3n) is 2.09. The Morgan fingerprint density at radius 1 is 1.33 bits per heavy atom. The number of H-pyrrole nitrogens is 1. The molecule has 0 atom stereocenters. The Hall–Kier alpha value is -2.05. The fourth-order valence-corrected chi connectivity index (χ4v) is 1.41. The number of hydrogen-bond donors (Lipinski definition) is 2. The predicted molar refractivity (Wildman–Crippen MR) is 60.5 cm³/mol. The summed E-state index contributed by atoms with van der Waals surface area (Å²) in [7, 11) is 0. The van der Waals surface area contributed by atoms with E-state index in [1.807, 2.05) is 12.1 Å². The Morgan fingerprint density at radius 3 is 3.00 bits per heavy atom. The molecule has 1 aromatic heterocycles. The van der Waals surface area contributed by atoms with Gasteiger partial charge in [-0.2, -0.15) is 0 Å². The zero-order valence-electron chi connectivity index (χ0n) is 8.08. The highest BCUT2D eigenvalue weighted by Gasteiger charge is 1.97. The Labute approximate surface area is 86.9 Å². The van der Waals surface area contributed by atoms with Crippen LogP contribution in [0.25, 0.3) is 10.9 Å². The van der Waals surface area contributed by atoms with Crippen LogP contribution in [0.2, 0.25) is 0 Å². The van der Waals surface area contributed by atoms with Crippen molar-refractivity contribution >= 4 is 10.9 Å². The van der Waals surface area contributed by atoms with Crippen LogP contribution >= 0.6 is 0 Å². The van der Waals surface area contributed by atoms with Crippen molar-refractivity contribution in [3.8, 4) is 11.8 Å². The van der Waals surface area contributed by atoms with E-state index in [9.17, 15) is 4.79 Å². The van der Waals surface area contributed by atoms with Crippen LogP contribution in [0.5, 0.6) is 0 Å². The number of aromatic nitrogens is 1. The molecule has 3 heteroatoms. The SMILES string of the molecule is NCC#Cc1ccc2c(=O)cc[nH]c2c1. The molecule has 0 radical (unpaired) electrons. The molecular weight excluding hydrogens is 188 g/mol. The van der Waals surface area contributed by atoms with Crippen LogP contribution in [0.1, 0.15) is 5.56 Å². The van der Waals surface area contributed by atoms with Crippen molar-refractivity contribution in [2.24, 2.45) is 5.73 Å². The van der Waals surface area contributed by atoms with Gasteiger partial charge in [-0.1, -0.05) is 11.8 Å². The van der Waals surface area contributed by atoms with Crippen molar-refractivity contribution in [3.63, 3.8) is 0 Å². The molecule has 0 aliphatic rings. The molecule has 74 valence electrons. The predicted octanol–water partition coefficient (Wildman–Crippen LogP) is 0.838. The van der Waals surface area contributed by atoms with Crippen LogP contribution in [0.4, 0.5) is 0 Å². The van der Waals surface area contributed by atoms with E-state index in [0.717, 1.165) is 11.1 Å². The first-order valence-corrected chi connectivity index (χ1v) is 4.61. The maximum absolute atomic E-state index is 11.4. The van der Waals surface area contributed by atoms with Crippen molar-refractivity contribution in [2.75, 3.05) is 6.54 Å². The van der Waals surface area contributed by atoms with Gasteiger partial charge in [0.2, 0.25) is 0 Å². The molecule has 2 aromatic rings. The van der Waals surface area contributed by atoms with Crippen LogP contribution in [-0.2, 0) is 0 Å². The number of pyridine rings is 1. The quantitative estimate of drug-likeness (QED) is 0.616. The van der Waals surface area contributed by atoms with Gasteiger partial charge >= 0.3 is 0 Å². The van der Waals surface area contributed by atoms with Gasteiger partial charge in [-0.3, -0.25) is 4.79 Å². The molecule has 1 heterocycles. The van der Waals surface area contributed by atoms with Gasteiger partial charge in [0.1, 0.15) is 0 Å². The highest BCUT2D eigenvalue weighted by molar-refractivity contribution is 5.79. The first-order chi connectivity index (χ1) is 7.31. The third-order valence-corrected chi connectivity index (χ3v) is 2.09. The minimum absolute atomic E-state index is 0.0158. The molecular formula is C12H10N2O. The second-order valence-corrected chi connectivity index (χ2v) is 3.11. The van der Waals surface area contributed by atoms with Gasteiger partial charge in [0.15, 0.2) is 5.43 Å². The van der Waals surface area contributed by atoms with Crippen LogP contribution in [0.15, 0.2) is 35.3 Å². The number of nitrogens with two attached hydrogens (primary N) is 1. The number of aromatic amines is 1. The first-order valence-electron chi connectivity index (χ1n) is 4.61. The van der Waals surface area contributed by atoms with Gasteiger partial charge in [-0.15, -0.1) is 0 Å². The van der Waals surface area contributed by atoms with Crippen molar-refractivity contribution in [1.82, 2.24) is 4.98 Å². The van der Waals surface area contributed by atoms with Gasteiger partial charge in [0, 0.05) is 23.2 Å². The van der Waals surface area contributed by atoms with Gasteiger partial charge in [-0.25, -0.2) is 0 Å². The van der Waals surface area contributed by atoms with E-state index in [2.05, 4.69) is 16.8 Å². The maximum atomic E-state index is 11.4. The normalized spacial score (nSPS) is 9.67. The lowest BCUT2D eigenvalue weighted by Gasteiger charge is -1.96. The van der Waals surface area contributed by atoms with Crippen LogP contribution in [-0.4, -0.2) is 11.5 Å². The summed E-state index contributed by atoms with van der Waals surface area (Å²) in [6, 6.07) is 6.95. The van der Waals surface area contributed by atoms with E-state index in [-0.39, 0.29) is 5.43 Å². The number of hydrogen-bond acceptors (Lipinski definition) is 2. The Bertz CT molecular complexity index is 602. The largest absolute Gasteiger partial charge is 0.361 e. The summed E-state index contributed by atoms with van der Waals surface area (Å²) in [6.45, 7) is 0.337. The van der Waals surface area contributed by atoms with Crippen LogP contribution in [0.3, 0.4) is 0 Å².